The molecule has 36 heavy (non-hydrogen) atoms. The maximum absolute atomic E-state index is 12.1. The molecule has 4 aliphatic carbocycles. The molecular weight excluding hydrogens is 450 g/mol. The van der Waals surface area contributed by atoms with E-state index in [9.17, 15) is 10.2 Å². The minimum absolute atomic E-state index is 0.0492. The van der Waals surface area contributed by atoms with Gasteiger partial charge in [-0.05, 0) is 75.1 Å². The largest absolute Gasteiger partial charge is 0.504 e. The van der Waals surface area contributed by atoms with E-state index in [1.165, 1.54) is 30.5 Å². The standard InChI is InChI=1S/C31H37NO4/c1-18-5-4-6-21(13-18)26(34)28(2)16-29-17-31(28,35-3)27-30(29)11-12-32(15-19-7-8-19)23(29)14-20-9-10-22(33)25(36-27)24(20)30/h4-6,9-10,13,19,23,26-27,33-34H,7-8,11-12,14-17H2,1-3H3/t23-,26+,27-,28-,29+,30+,31+/m1/s1. The van der Waals surface area contributed by atoms with Gasteiger partial charge >= 0.3 is 0 Å². The molecule has 2 N–H and O–H groups in total. The highest BCUT2D eigenvalue weighted by Crippen LogP contribution is 2.83. The van der Waals surface area contributed by atoms with Gasteiger partial charge in [-0.2, -0.15) is 0 Å². The van der Waals surface area contributed by atoms with E-state index < -0.39 is 17.1 Å². The molecule has 1 saturated heterocycles. The van der Waals surface area contributed by atoms with Gasteiger partial charge in [0.1, 0.15) is 11.7 Å². The first-order valence-electron chi connectivity index (χ1n) is 13.9. The van der Waals surface area contributed by atoms with Gasteiger partial charge in [-0.25, -0.2) is 0 Å². The van der Waals surface area contributed by atoms with E-state index in [-0.39, 0.29) is 22.7 Å². The molecule has 2 aromatic rings. The summed E-state index contributed by atoms with van der Waals surface area (Å²) in [5.74, 6) is 1.77. The molecule has 2 aliphatic heterocycles. The quantitative estimate of drug-likeness (QED) is 0.643. The van der Waals surface area contributed by atoms with Crippen LogP contribution in [0.25, 0.3) is 0 Å². The molecule has 4 bridgehead atoms. The zero-order valence-electron chi connectivity index (χ0n) is 21.6. The Morgan fingerprint density at radius 2 is 2.03 bits per heavy atom. The van der Waals surface area contributed by atoms with Crippen LogP contribution < -0.4 is 4.74 Å². The zero-order valence-corrected chi connectivity index (χ0v) is 21.6. The Labute approximate surface area is 213 Å². The summed E-state index contributed by atoms with van der Waals surface area (Å²) in [6.45, 7) is 6.59. The van der Waals surface area contributed by atoms with E-state index in [2.05, 4.69) is 43.0 Å². The van der Waals surface area contributed by atoms with Crippen LogP contribution in [0.15, 0.2) is 36.4 Å². The minimum Gasteiger partial charge on any atom is -0.504 e. The number of hydrogen-bond acceptors (Lipinski definition) is 5. The molecule has 4 fully saturated rings. The summed E-state index contributed by atoms with van der Waals surface area (Å²) in [5, 5.41) is 23.1. The number of methoxy groups -OCH3 is 1. The Kier molecular flexibility index (Phi) is 4.07. The highest BCUT2D eigenvalue weighted by molar-refractivity contribution is 5.65. The number of aryl methyl sites for hydroxylation is 1. The second kappa shape index (κ2) is 6.67. The summed E-state index contributed by atoms with van der Waals surface area (Å²) in [5.41, 5.74) is 3.36. The Morgan fingerprint density at radius 1 is 1.19 bits per heavy atom. The lowest BCUT2D eigenvalue weighted by Crippen LogP contribution is -2.71. The number of fused-ring (bicyclic) bond motifs is 2. The lowest BCUT2D eigenvalue weighted by Gasteiger charge is -2.64. The Hall–Kier alpha value is -2.08. The van der Waals surface area contributed by atoms with Gasteiger partial charge in [0.05, 0.1) is 6.10 Å². The van der Waals surface area contributed by atoms with Crippen molar-refractivity contribution in [3.63, 3.8) is 0 Å². The molecule has 2 aromatic carbocycles. The van der Waals surface area contributed by atoms with Crippen molar-refractivity contribution in [1.82, 2.24) is 4.90 Å². The van der Waals surface area contributed by atoms with Gasteiger partial charge in [0.2, 0.25) is 0 Å². The van der Waals surface area contributed by atoms with Crippen molar-refractivity contribution < 1.29 is 19.7 Å². The first-order valence-corrected chi connectivity index (χ1v) is 13.9. The number of aromatic hydroxyl groups is 1. The fourth-order valence-electron chi connectivity index (χ4n) is 10.2. The van der Waals surface area contributed by atoms with Crippen LogP contribution in [0.3, 0.4) is 0 Å². The van der Waals surface area contributed by atoms with Crippen molar-refractivity contribution in [2.24, 2.45) is 16.7 Å². The van der Waals surface area contributed by atoms with Crippen LogP contribution >= 0.6 is 0 Å². The summed E-state index contributed by atoms with van der Waals surface area (Å²) in [4.78, 5) is 2.80. The maximum atomic E-state index is 12.1. The first-order chi connectivity index (χ1) is 17.3. The van der Waals surface area contributed by atoms with Gasteiger partial charge in [-0.15, -0.1) is 0 Å². The Bertz CT molecular complexity index is 1290. The predicted molar refractivity (Wildman–Crippen MR) is 136 cm³/mol. The smallest absolute Gasteiger partial charge is 0.165 e. The highest BCUT2D eigenvalue weighted by Gasteiger charge is 2.88. The monoisotopic (exact) mass is 487 g/mol. The number of benzene rings is 2. The summed E-state index contributed by atoms with van der Waals surface area (Å²) >= 11 is 0. The third kappa shape index (κ3) is 2.23. The van der Waals surface area contributed by atoms with Crippen molar-refractivity contribution in [2.75, 3.05) is 20.2 Å². The fourth-order valence-corrected chi connectivity index (χ4v) is 10.2. The van der Waals surface area contributed by atoms with E-state index in [0.717, 1.165) is 49.3 Å². The molecule has 0 unspecified atom stereocenters. The van der Waals surface area contributed by atoms with Crippen LogP contribution in [0.5, 0.6) is 11.5 Å². The van der Waals surface area contributed by atoms with Crippen molar-refractivity contribution in [2.45, 2.75) is 81.6 Å². The number of phenols is 1. The molecule has 0 radical (unpaired) electrons. The summed E-state index contributed by atoms with van der Waals surface area (Å²) < 4.78 is 13.5. The normalized spacial score (nSPS) is 42.3. The van der Waals surface area contributed by atoms with Crippen LogP contribution in [0.2, 0.25) is 0 Å². The maximum Gasteiger partial charge on any atom is 0.165 e. The Morgan fingerprint density at radius 3 is 2.78 bits per heavy atom. The molecule has 5 heteroatoms. The second-order valence-corrected chi connectivity index (χ2v) is 13.2. The predicted octanol–water partition coefficient (Wildman–Crippen LogP) is 4.66. The molecule has 0 amide bonds. The molecule has 0 aromatic heterocycles. The number of piperidine rings is 1. The highest BCUT2D eigenvalue weighted by atomic mass is 16.6. The average molecular weight is 488 g/mol. The third-order valence-electron chi connectivity index (χ3n) is 11.7. The number of rotatable bonds is 5. The van der Waals surface area contributed by atoms with Gasteiger partial charge in [0, 0.05) is 41.5 Å². The first kappa shape index (κ1) is 22.0. The summed E-state index contributed by atoms with van der Waals surface area (Å²) in [6, 6.07) is 12.7. The van der Waals surface area contributed by atoms with Crippen LogP contribution in [-0.2, 0) is 16.6 Å². The number of aliphatic hydroxyl groups is 1. The van der Waals surface area contributed by atoms with Gasteiger partial charge in [-0.1, -0.05) is 42.8 Å². The fraction of sp³-hybridized carbons (Fsp3) is 0.613. The molecular formula is C31H37NO4. The van der Waals surface area contributed by atoms with Crippen LogP contribution in [0.4, 0.5) is 0 Å². The van der Waals surface area contributed by atoms with Crippen molar-refractivity contribution in [3.8, 4) is 11.5 Å². The number of nitrogens with zero attached hydrogens (tertiary/aromatic N) is 1. The van der Waals surface area contributed by atoms with Crippen LogP contribution in [0.1, 0.15) is 67.4 Å². The molecule has 6 aliphatic rings. The number of likely N-dealkylation sites (tertiary alicyclic amines) is 1. The second-order valence-electron chi connectivity index (χ2n) is 13.2. The van der Waals surface area contributed by atoms with Crippen LogP contribution in [0, 0.1) is 23.7 Å². The topological polar surface area (TPSA) is 62.2 Å². The summed E-state index contributed by atoms with van der Waals surface area (Å²) in [6.07, 6.45) is 5.68. The van der Waals surface area contributed by atoms with E-state index in [4.69, 9.17) is 9.47 Å². The molecule has 8 rings (SSSR count). The lowest BCUT2D eigenvalue weighted by atomic mass is 9.44. The van der Waals surface area contributed by atoms with Crippen molar-refractivity contribution >= 4 is 0 Å². The number of hydrogen-bond donors (Lipinski definition) is 2. The molecule has 7 atom stereocenters. The van der Waals surface area contributed by atoms with E-state index >= 15 is 0 Å². The SMILES string of the molecule is CO[C@]12C[C@@]3(C[C@]1(C)[C@@H](O)c1cccc(C)c1)[C@H]1Cc4ccc(O)c5c4[C@@]3(CCN1CC1CC1)[C@H]2O5. The molecule has 3 saturated carbocycles. The number of aliphatic hydroxyl groups excluding tert-OH is 1. The third-order valence-corrected chi connectivity index (χ3v) is 11.7. The lowest BCUT2D eigenvalue weighted by molar-refractivity contribution is -0.210. The van der Waals surface area contributed by atoms with E-state index in [0.29, 0.717) is 11.8 Å². The van der Waals surface area contributed by atoms with Crippen molar-refractivity contribution in [1.29, 1.82) is 0 Å². The zero-order chi connectivity index (χ0) is 24.7. The number of ether oxygens (including phenoxy) is 2. The van der Waals surface area contributed by atoms with Crippen LogP contribution in [-0.4, -0.2) is 53.1 Å². The van der Waals surface area contributed by atoms with E-state index in [1.807, 2.05) is 19.2 Å². The van der Waals surface area contributed by atoms with Crippen molar-refractivity contribution in [3.05, 3.63) is 58.7 Å². The molecule has 190 valence electrons. The number of phenolic OH excluding ortho intramolecular Hbond substituents is 1. The minimum atomic E-state index is -0.658. The molecule has 2 heterocycles. The summed E-state index contributed by atoms with van der Waals surface area (Å²) in [7, 11) is 1.83. The van der Waals surface area contributed by atoms with Gasteiger partial charge < -0.3 is 19.7 Å². The van der Waals surface area contributed by atoms with Gasteiger partial charge in [0.15, 0.2) is 11.5 Å². The Balaban J connectivity index is 1.35. The molecule has 2 spiro atoms. The van der Waals surface area contributed by atoms with E-state index in [1.54, 1.807) is 0 Å². The van der Waals surface area contributed by atoms with Gasteiger partial charge in [0.25, 0.3) is 0 Å². The van der Waals surface area contributed by atoms with Gasteiger partial charge in [-0.3, -0.25) is 4.90 Å². The molecule has 5 nitrogen and oxygen atoms in total. The average Bonchev–Trinajstić information content (AvgIpc) is 3.46.